The van der Waals surface area contributed by atoms with Gasteiger partial charge in [-0.3, -0.25) is 14.5 Å². The number of thiophene rings is 1. The van der Waals surface area contributed by atoms with Crippen LogP contribution in [0.1, 0.15) is 52.6 Å². The van der Waals surface area contributed by atoms with E-state index in [1.807, 2.05) is 34.4 Å². The van der Waals surface area contributed by atoms with E-state index in [9.17, 15) is 9.59 Å². The van der Waals surface area contributed by atoms with Crippen molar-refractivity contribution in [2.24, 2.45) is 0 Å². The number of nitrogens with zero attached hydrogens (tertiary/aromatic N) is 2. The Hall–Kier alpha value is -2.18. The normalized spacial score (nSPS) is 19.8. The molecule has 5 nitrogen and oxygen atoms in total. The van der Waals surface area contributed by atoms with Crippen LogP contribution in [-0.4, -0.2) is 41.2 Å². The average Bonchev–Trinajstić information content (AvgIpc) is 3.43. The largest absolute Gasteiger partial charge is 0.351 e. The molecule has 1 N–H and O–H groups in total. The van der Waals surface area contributed by atoms with Gasteiger partial charge in [0.05, 0.1) is 6.54 Å². The second-order valence-electron chi connectivity index (χ2n) is 8.04. The Morgan fingerprint density at radius 3 is 2.69 bits per heavy atom. The lowest BCUT2D eigenvalue weighted by Gasteiger charge is -2.23. The maximum absolute atomic E-state index is 12.6. The molecule has 2 aromatic rings. The molecule has 0 saturated carbocycles. The summed E-state index contributed by atoms with van der Waals surface area (Å²) < 4.78 is 0. The number of hydrogen-bond acceptors (Lipinski definition) is 4. The Kier molecular flexibility index (Phi) is 6.31. The van der Waals surface area contributed by atoms with Crippen LogP contribution in [0.5, 0.6) is 0 Å². The average molecular weight is 412 g/mol. The smallest absolute Gasteiger partial charge is 0.234 e. The van der Waals surface area contributed by atoms with Crippen LogP contribution in [0, 0.1) is 6.92 Å². The number of amides is 2. The fraction of sp³-hybridized carbons (Fsp3) is 0.478. The molecule has 6 heteroatoms. The number of carbonyl (C=O) groups is 2. The van der Waals surface area contributed by atoms with Gasteiger partial charge < -0.3 is 10.2 Å². The van der Waals surface area contributed by atoms with Crippen molar-refractivity contribution in [1.29, 1.82) is 0 Å². The number of nitrogens with one attached hydrogen (secondary N) is 1. The van der Waals surface area contributed by atoms with E-state index in [0.717, 1.165) is 43.5 Å². The molecule has 0 aliphatic carbocycles. The van der Waals surface area contributed by atoms with Gasteiger partial charge in [-0.1, -0.05) is 24.3 Å². The van der Waals surface area contributed by atoms with Gasteiger partial charge in [-0.25, -0.2) is 0 Å². The predicted octanol–water partition coefficient (Wildman–Crippen LogP) is 3.63. The summed E-state index contributed by atoms with van der Waals surface area (Å²) in [6.45, 7) is 5.52. The molecule has 2 amide bonds. The Morgan fingerprint density at radius 2 is 1.97 bits per heavy atom. The van der Waals surface area contributed by atoms with Crippen LogP contribution in [0.2, 0.25) is 0 Å². The lowest BCUT2D eigenvalue weighted by Crippen LogP contribution is -2.36. The van der Waals surface area contributed by atoms with Gasteiger partial charge in [-0.15, -0.1) is 11.3 Å². The molecule has 0 bridgehead atoms. The van der Waals surface area contributed by atoms with Crippen LogP contribution in [0.15, 0.2) is 36.4 Å². The van der Waals surface area contributed by atoms with E-state index in [1.165, 1.54) is 9.75 Å². The molecule has 2 saturated heterocycles. The topological polar surface area (TPSA) is 52.7 Å². The summed E-state index contributed by atoms with van der Waals surface area (Å²) in [5.74, 6) is 0.296. The predicted molar refractivity (Wildman–Crippen MR) is 116 cm³/mol. The van der Waals surface area contributed by atoms with Crippen LogP contribution >= 0.6 is 11.3 Å². The van der Waals surface area contributed by atoms with E-state index in [2.05, 4.69) is 35.3 Å². The molecule has 154 valence electrons. The number of carbonyl (C=O) groups excluding carboxylic acids is 2. The first-order chi connectivity index (χ1) is 14.1. The minimum absolute atomic E-state index is 0.0669. The van der Waals surface area contributed by atoms with E-state index in [4.69, 9.17) is 0 Å². The van der Waals surface area contributed by atoms with Gasteiger partial charge in [0, 0.05) is 41.9 Å². The molecule has 0 spiro atoms. The minimum atomic E-state index is 0.0669. The Labute approximate surface area is 176 Å². The SMILES string of the molecule is Cc1ccc(C2CCCN2CC(=O)NCc2ccccc2CN2CCCC2=O)s1. The van der Waals surface area contributed by atoms with Crippen LogP contribution < -0.4 is 5.32 Å². The second-order valence-corrected chi connectivity index (χ2v) is 9.36. The summed E-state index contributed by atoms with van der Waals surface area (Å²) >= 11 is 1.84. The zero-order valence-electron chi connectivity index (χ0n) is 17.0. The quantitative estimate of drug-likeness (QED) is 0.757. The van der Waals surface area contributed by atoms with Crippen molar-refractivity contribution in [2.75, 3.05) is 19.6 Å². The molecule has 4 rings (SSSR count). The second kappa shape index (κ2) is 9.09. The molecule has 0 radical (unpaired) electrons. The van der Waals surface area contributed by atoms with Crippen LogP contribution in [-0.2, 0) is 22.7 Å². The highest BCUT2D eigenvalue weighted by molar-refractivity contribution is 7.12. The molecule has 1 aromatic carbocycles. The van der Waals surface area contributed by atoms with E-state index in [-0.39, 0.29) is 11.8 Å². The summed E-state index contributed by atoms with van der Waals surface area (Å²) in [4.78, 5) is 31.5. The first-order valence-electron chi connectivity index (χ1n) is 10.5. The van der Waals surface area contributed by atoms with E-state index < -0.39 is 0 Å². The highest BCUT2D eigenvalue weighted by atomic mass is 32.1. The molecule has 1 atom stereocenters. The van der Waals surface area contributed by atoms with E-state index >= 15 is 0 Å². The van der Waals surface area contributed by atoms with Crippen LogP contribution in [0.3, 0.4) is 0 Å². The highest BCUT2D eigenvalue weighted by Gasteiger charge is 2.28. The zero-order valence-corrected chi connectivity index (χ0v) is 17.8. The van der Waals surface area contributed by atoms with Gasteiger partial charge in [-0.2, -0.15) is 0 Å². The molecule has 2 fully saturated rings. The molecule has 1 unspecified atom stereocenters. The maximum atomic E-state index is 12.6. The molecular weight excluding hydrogens is 382 g/mol. The number of likely N-dealkylation sites (tertiary alicyclic amines) is 2. The fourth-order valence-electron chi connectivity index (χ4n) is 4.37. The van der Waals surface area contributed by atoms with Crippen molar-refractivity contribution in [2.45, 2.75) is 51.7 Å². The third-order valence-electron chi connectivity index (χ3n) is 5.93. The van der Waals surface area contributed by atoms with E-state index in [0.29, 0.717) is 32.1 Å². The lowest BCUT2D eigenvalue weighted by atomic mass is 10.1. The Morgan fingerprint density at radius 1 is 1.14 bits per heavy atom. The summed E-state index contributed by atoms with van der Waals surface area (Å²) in [6, 6.07) is 12.8. The minimum Gasteiger partial charge on any atom is -0.351 e. The van der Waals surface area contributed by atoms with Gasteiger partial charge in [0.2, 0.25) is 11.8 Å². The van der Waals surface area contributed by atoms with Crippen molar-refractivity contribution < 1.29 is 9.59 Å². The lowest BCUT2D eigenvalue weighted by molar-refractivity contribution is -0.128. The van der Waals surface area contributed by atoms with Crippen molar-refractivity contribution in [3.63, 3.8) is 0 Å². The van der Waals surface area contributed by atoms with Gasteiger partial charge in [0.1, 0.15) is 0 Å². The first kappa shape index (κ1) is 20.1. The number of benzene rings is 1. The van der Waals surface area contributed by atoms with Crippen molar-refractivity contribution >= 4 is 23.2 Å². The first-order valence-corrected chi connectivity index (χ1v) is 11.3. The van der Waals surface area contributed by atoms with Crippen molar-refractivity contribution in [1.82, 2.24) is 15.1 Å². The Balaban J connectivity index is 1.33. The third kappa shape index (κ3) is 4.87. The van der Waals surface area contributed by atoms with Crippen LogP contribution in [0.25, 0.3) is 0 Å². The zero-order chi connectivity index (χ0) is 20.2. The highest BCUT2D eigenvalue weighted by Crippen LogP contribution is 2.35. The van der Waals surface area contributed by atoms with Crippen LogP contribution in [0.4, 0.5) is 0 Å². The maximum Gasteiger partial charge on any atom is 0.234 e. The van der Waals surface area contributed by atoms with Gasteiger partial charge in [-0.05, 0) is 56.0 Å². The summed E-state index contributed by atoms with van der Waals surface area (Å²) in [7, 11) is 0. The Bertz CT molecular complexity index is 879. The number of rotatable bonds is 7. The summed E-state index contributed by atoms with van der Waals surface area (Å²) in [5, 5.41) is 3.10. The van der Waals surface area contributed by atoms with Crippen molar-refractivity contribution in [3.8, 4) is 0 Å². The van der Waals surface area contributed by atoms with E-state index in [1.54, 1.807) is 0 Å². The molecule has 2 aliphatic rings. The van der Waals surface area contributed by atoms with Crippen molar-refractivity contribution in [3.05, 3.63) is 57.3 Å². The molecule has 2 aliphatic heterocycles. The molecule has 1 aromatic heterocycles. The number of hydrogen-bond donors (Lipinski definition) is 1. The summed E-state index contributed by atoms with van der Waals surface area (Å²) in [6.07, 6.45) is 3.86. The monoisotopic (exact) mass is 411 g/mol. The fourth-order valence-corrected chi connectivity index (χ4v) is 5.41. The molecule has 29 heavy (non-hydrogen) atoms. The summed E-state index contributed by atoms with van der Waals surface area (Å²) in [5.41, 5.74) is 2.21. The van der Waals surface area contributed by atoms with Gasteiger partial charge in [0.15, 0.2) is 0 Å². The molecule has 3 heterocycles. The standard InChI is InChI=1S/C23H29N3O2S/c1-17-10-11-21(29-17)20-8-4-12-25(20)16-22(27)24-14-18-6-2-3-7-19(18)15-26-13-5-9-23(26)28/h2-3,6-7,10-11,20H,4-5,8-9,12-16H2,1H3,(H,24,27). The third-order valence-corrected chi connectivity index (χ3v) is 7.03. The van der Waals surface area contributed by atoms with Gasteiger partial charge >= 0.3 is 0 Å². The number of aryl methyl sites for hydroxylation is 1. The van der Waals surface area contributed by atoms with Gasteiger partial charge in [0.25, 0.3) is 0 Å². The molecular formula is C23H29N3O2S.